The zero-order valence-electron chi connectivity index (χ0n) is 16.0. The van der Waals surface area contributed by atoms with Crippen LogP contribution in [0.15, 0.2) is 60.7 Å². The van der Waals surface area contributed by atoms with Crippen LogP contribution in [0.5, 0.6) is 5.75 Å². The number of hydrogen-bond donors (Lipinski definition) is 2. The maximum absolute atomic E-state index is 13.6. The van der Waals surface area contributed by atoms with Gasteiger partial charge in [-0.15, -0.1) is 0 Å². The minimum Gasteiger partial charge on any atom is -0.483 e. The van der Waals surface area contributed by atoms with E-state index in [1.54, 1.807) is 36.4 Å². The molecule has 0 saturated carbocycles. The number of amides is 2. The lowest BCUT2D eigenvalue weighted by Gasteiger charge is -2.12. The van der Waals surface area contributed by atoms with Crippen LogP contribution in [-0.2, 0) is 4.79 Å². The van der Waals surface area contributed by atoms with Crippen LogP contribution in [0.3, 0.4) is 0 Å². The summed E-state index contributed by atoms with van der Waals surface area (Å²) >= 11 is 0. The van der Waals surface area contributed by atoms with Gasteiger partial charge in [-0.05, 0) is 55.8 Å². The second-order valence-corrected chi connectivity index (χ2v) is 6.44. The predicted octanol–water partition coefficient (Wildman–Crippen LogP) is 4.11. The summed E-state index contributed by atoms with van der Waals surface area (Å²) in [5, 5.41) is 5.17. The van der Waals surface area contributed by atoms with E-state index in [4.69, 9.17) is 4.74 Å². The highest BCUT2D eigenvalue weighted by Gasteiger charge is 2.15. The molecule has 2 N–H and O–H groups in total. The largest absolute Gasteiger partial charge is 0.483 e. The van der Waals surface area contributed by atoms with Gasteiger partial charge < -0.3 is 15.4 Å². The molecule has 0 spiro atoms. The standard InChI is InChI=1S/C22H20FN3O3/c1-14-11-15(2)24-20(12-14)26-22(28)16-7-3-6-10-19(16)29-13-21(27)25-18-9-5-4-8-17(18)23/h3-12H,13H2,1-2H3,(H,25,27)(H,24,26,28). The molecule has 0 aliphatic rings. The Labute approximate surface area is 167 Å². The molecule has 6 nitrogen and oxygen atoms in total. The van der Waals surface area contributed by atoms with Crippen molar-refractivity contribution in [1.29, 1.82) is 0 Å². The van der Waals surface area contributed by atoms with Crippen LogP contribution >= 0.6 is 0 Å². The Morgan fingerprint density at radius 1 is 1.00 bits per heavy atom. The zero-order chi connectivity index (χ0) is 20.8. The fourth-order valence-corrected chi connectivity index (χ4v) is 2.76. The van der Waals surface area contributed by atoms with Crippen molar-refractivity contribution in [2.75, 3.05) is 17.2 Å². The second kappa shape index (κ2) is 8.97. The van der Waals surface area contributed by atoms with Crippen LogP contribution in [0.2, 0.25) is 0 Å². The Bertz CT molecular complexity index is 1030. The lowest BCUT2D eigenvalue weighted by molar-refractivity contribution is -0.118. The Kier molecular flexibility index (Phi) is 6.19. The Morgan fingerprint density at radius 2 is 1.72 bits per heavy atom. The van der Waals surface area contributed by atoms with E-state index in [-0.39, 0.29) is 23.6 Å². The second-order valence-electron chi connectivity index (χ2n) is 6.44. The van der Waals surface area contributed by atoms with E-state index in [0.717, 1.165) is 11.3 Å². The molecule has 0 fully saturated rings. The molecule has 0 bridgehead atoms. The topological polar surface area (TPSA) is 80.3 Å². The van der Waals surface area contributed by atoms with Gasteiger partial charge >= 0.3 is 0 Å². The summed E-state index contributed by atoms with van der Waals surface area (Å²) in [6.45, 7) is 3.38. The molecule has 0 saturated heterocycles. The zero-order valence-corrected chi connectivity index (χ0v) is 16.0. The van der Waals surface area contributed by atoms with E-state index in [9.17, 15) is 14.0 Å². The molecule has 1 heterocycles. The van der Waals surface area contributed by atoms with Crippen molar-refractivity contribution in [2.45, 2.75) is 13.8 Å². The predicted molar refractivity (Wildman–Crippen MR) is 109 cm³/mol. The number of nitrogens with zero attached hydrogens (tertiary/aromatic N) is 1. The average molecular weight is 393 g/mol. The van der Waals surface area contributed by atoms with Crippen molar-refractivity contribution in [2.24, 2.45) is 0 Å². The number of aryl methyl sites for hydroxylation is 2. The number of aromatic nitrogens is 1. The molecule has 3 rings (SSSR count). The van der Waals surface area contributed by atoms with E-state index < -0.39 is 17.6 Å². The highest BCUT2D eigenvalue weighted by molar-refractivity contribution is 6.05. The lowest BCUT2D eigenvalue weighted by atomic mass is 10.2. The molecule has 7 heteroatoms. The Morgan fingerprint density at radius 3 is 2.48 bits per heavy atom. The molecular formula is C22H20FN3O3. The number of ether oxygens (including phenoxy) is 1. The van der Waals surface area contributed by atoms with E-state index in [1.165, 1.54) is 18.2 Å². The summed E-state index contributed by atoms with van der Waals surface area (Å²) in [4.78, 5) is 29.0. The number of carbonyl (C=O) groups is 2. The summed E-state index contributed by atoms with van der Waals surface area (Å²) in [5.41, 5.74) is 2.08. The van der Waals surface area contributed by atoms with Crippen LogP contribution in [0, 0.1) is 19.7 Å². The highest BCUT2D eigenvalue weighted by atomic mass is 19.1. The van der Waals surface area contributed by atoms with Crippen LogP contribution in [-0.4, -0.2) is 23.4 Å². The van der Waals surface area contributed by atoms with E-state index in [0.29, 0.717) is 5.82 Å². The van der Waals surface area contributed by atoms with Gasteiger partial charge in [-0.25, -0.2) is 9.37 Å². The summed E-state index contributed by atoms with van der Waals surface area (Å²) in [6, 6.07) is 16.1. The molecule has 148 valence electrons. The normalized spacial score (nSPS) is 10.3. The van der Waals surface area contributed by atoms with Gasteiger partial charge in [-0.2, -0.15) is 0 Å². The van der Waals surface area contributed by atoms with Gasteiger partial charge in [0, 0.05) is 5.69 Å². The van der Waals surface area contributed by atoms with Gasteiger partial charge in [0.25, 0.3) is 11.8 Å². The number of nitrogens with one attached hydrogen (secondary N) is 2. The summed E-state index contributed by atoms with van der Waals surface area (Å²) in [5.74, 6) is -0.826. The van der Waals surface area contributed by atoms with Gasteiger partial charge in [0.05, 0.1) is 11.3 Å². The van der Waals surface area contributed by atoms with Crippen molar-refractivity contribution >= 4 is 23.3 Å². The van der Waals surface area contributed by atoms with Crippen molar-refractivity contribution in [1.82, 2.24) is 4.98 Å². The smallest absolute Gasteiger partial charge is 0.262 e. The minimum atomic E-state index is -0.540. The lowest BCUT2D eigenvalue weighted by Crippen LogP contribution is -2.22. The van der Waals surface area contributed by atoms with Gasteiger partial charge in [0.15, 0.2) is 6.61 Å². The van der Waals surface area contributed by atoms with Crippen molar-refractivity contribution in [3.05, 3.63) is 83.3 Å². The number of halogens is 1. The van der Waals surface area contributed by atoms with Gasteiger partial charge in [0.2, 0.25) is 0 Å². The molecule has 0 unspecified atom stereocenters. The fourth-order valence-electron chi connectivity index (χ4n) is 2.76. The maximum Gasteiger partial charge on any atom is 0.262 e. The van der Waals surface area contributed by atoms with E-state index in [1.807, 2.05) is 19.9 Å². The van der Waals surface area contributed by atoms with Crippen LogP contribution in [0.25, 0.3) is 0 Å². The van der Waals surface area contributed by atoms with Crippen LogP contribution in [0.4, 0.5) is 15.9 Å². The molecule has 3 aromatic rings. The molecule has 29 heavy (non-hydrogen) atoms. The number of rotatable bonds is 6. The molecule has 0 aliphatic carbocycles. The third-order valence-electron chi connectivity index (χ3n) is 3.98. The van der Waals surface area contributed by atoms with E-state index >= 15 is 0 Å². The molecule has 0 radical (unpaired) electrons. The first-order valence-corrected chi connectivity index (χ1v) is 8.95. The minimum absolute atomic E-state index is 0.0630. The Balaban J connectivity index is 1.67. The fraction of sp³-hybridized carbons (Fsp3) is 0.136. The number of benzene rings is 2. The number of pyridine rings is 1. The molecule has 0 atom stereocenters. The van der Waals surface area contributed by atoms with Crippen LogP contribution in [0.1, 0.15) is 21.6 Å². The first kappa shape index (κ1) is 20.0. The molecule has 0 aliphatic heterocycles. The summed E-state index contributed by atoms with van der Waals surface area (Å²) < 4.78 is 19.1. The number of carbonyl (C=O) groups excluding carboxylic acids is 2. The number of para-hydroxylation sites is 2. The van der Waals surface area contributed by atoms with Crippen molar-refractivity contribution in [3.8, 4) is 5.75 Å². The maximum atomic E-state index is 13.6. The highest BCUT2D eigenvalue weighted by Crippen LogP contribution is 2.20. The summed E-state index contributed by atoms with van der Waals surface area (Å²) in [7, 11) is 0. The van der Waals surface area contributed by atoms with Crippen molar-refractivity contribution in [3.63, 3.8) is 0 Å². The SMILES string of the molecule is Cc1cc(C)nc(NC(=O)c2ccccc2OCC(=O)Nc2ccccc2F)c1. The van der Waals surface area contributed by atoms with Gasteiger partial charge in [-0.3, -0.25) is 9.59 Å². The monoisotopic (exact) mass is 393 g/mol. The quantitative estimate of drug-likeness (QED) is 0.661. The first-order valence-electron chi connectivity index (χ1n) is 8.95. The molecule has 1 aromatic heterocycles. The third-order valence-corrected chi connectivity index (χ3v) is 3.98. The number of anilines is 2. The molecule has 2 aromatic carbocycles. The van der Waals surface area contributed by atoms with Crippen molar-refractivity contribution < 1.29 is 18.7 Å². The first-order chi connectivity index (χ1) is 13.9. The number of hydrogen-bond acceptors (Lipinski definition) is 4. The van der Waals surface area contributed by atoms with Gasteiger partial charge in [-0.1, -0.05) is 24.3 Å². The third kappa shape index (κ3) is 5.38. The molecular weight excluding hydrogens is 373 g/mol. The van der Waals surface area contributed by atoms with Gasteiger partial charge in [0.1, 0.15) is 17.4 Å². The summed E-state index contributed by atoms with van der Waals surface area (Å²) in [6.07, 6.45) is 0. The van der Waals surface area contributed by atoms with E-state index in [2.05, 4.69) is 15.6 Å². The van der Waals surface area contributed by atoms with Crippen LogP contribution < -0.4 is 15.4 Å². The average Bonchev–Trinajstić information content (AvgIpc) is 2.67. The molecule has 2 amide bonds. The Hall–Kier alpha value is -3.74.